The van der Waals surface area contributed by atoms with Crippen molar-refractivity contribution in [3.63, 3.8) is 0 Å². The molecule has 0 rings (SSSR count). The number of carbonyl (C=O) groups is 2. The Labute approximate surface area is 116 Å². The van der Waals surface area contributed by atoms with Crippen LogP contribution in [0.1, 0.15) is 26.7 Å². The van der Waals surface area contributed by atoms with Crippen molar-refractivity contribution in [1.82, 2.24) is 0 Å². The molecule has 98 valence electrons. The highest BCUT2D eigenvalue weighted by Crippen LogP contribution is 2.30. The molecule has 0 aromatic rings. The van der Waals surface area contributed by atoms with E-state index in [4.69, 9.17) is 39.5 Å². The van der Waals surface area contributed by atoms with Crippen LogP contribution in [0.4, 0.5) is 0 Å². The van der Waals surface area contributed by atoms with Gasteiger partial charge in [-0.05, 0) is 20.3 Å². The third-order valence-electron chi connectivity index (χ3n) is 1.95. The molecule has 0 heterocycles. The Morgan fingerprint density at radius 1 is 1.29 bits per heavy atom. The van der Waals surface area contributed by atoms with Gasteiger partial charge in [-0.2, -0.15) is 0 Å². The monoisotopic (exact) mass is 300 g/mol. The minimum absolute atomic E-state index is 0.227. The first-order chi connectivity index (χ1) is 7.78. The lowest BCUT2D eigenvalue weighted by Crippen LogP contribution is -2.23. The summed E-state index contributed by atoms with van der Waals surface area (Å²) in [5.41, 5.74) is 0. The molecule has 0 spiro atoms. The van der Waals surface area contributed by atoms with Crippen molar-refractivity contribution >= 4 is 46.6 Å². The lowest BCUT2D eigenvalue weighted by molar-refractivity contribution is -0.150. The number of rotatable bonds is 6. The average molecular weight is 302 g/mol. The summed E-state index contributed by atoms with van der Waals surface area (Å²) >= 11 is 16.6. The summed E-state index contributed by atoms with van der Waals surface area (Å²) in [5, 5.41) is 0. The molecule has 0 radical (unpaired) electrons. The molecule has 1 unspecified atom stereocenters. The predicted octanol–water partition coefficient (Wildman–Crippen LogP) is 3.46. The minimum atomic E-state index is -1.36. The summed E-state index contributed by atoms with van der Waals surface area (Å²) in [7, 11) is 0. The van der Waals surface area contributed by atoms with E-state index in [0.717, 1.165) is 0 Å². The standard InChI is InChI=1S/C11H15Cl3O3/c1-3-17-10(16)9(8(2)15)6-4-5-7-11(12,13)14/h4-5,9H,3,6-7H2,1-2H3/b5-4+. The lowest BCUT2D eigenvalue weighted by atomic mass is 10.0. The van der Waals surface area contributed by atoms with Gasteiger partial charge in [0, 0.05) is 6.42 Å². The molecule has 0 aromatic carbocycles. The molecular weight excluding hydrogens is 286 g/mol. The largest absolute Gasteiger partial charge is 0.465 e. The molecule has 0 aliphatic heterocycles. The Balaban J connectivity index is 4.28. The number of allylic oxidation sites excluding steroid dienone is 2. The molecule has 0 aliphatic rings. The molecular formula is C11H15Cl3O3. The van der Waals surface area contributed by atoms with Gasteiger partial charge in [0.25, 0.3) is 0 Å². The highest BCUT2D eigenvalue weighted by Gasteiger charge is 2.23. The summed E-state index contributed by atoms with van der Waals surface area (Å²) in [5.74, 6) is -1.53. The van der Waals surface area contributed by atoms with Gasteiger partial charge in [-0.3, -0.25) is 9.59 Å². The van der Waals surface area contributed by atoms with Crippen LogP contribution in [-0.2, 0) is 14.3 Å². The first kappa shape index (κ1) is 16.8. The third-order valence-corrected chi connectivity index (χ3v) is 2.41. The Morgan fingerprint density at radius 2 is 1.88 bits per heavy atom. The van der Waals surface area contributed by atoms with Crippen molar-refractivity contribution < 1.29 is 14.3 Å². The molecule has 3 nitrogen and oxygen atoms in total. The average Bonchev–Trinajstić information content (AvgIpc) is 2.15. The summed E-state index contributed by atoms with van der Waals surface area (Å²) in [6.45, 7) is 3.29. The zero-order valence-electron chi connectivity index (χ0n) is 9.71. The topological polar surface area (TPSA) is 43.4 Å². The van der Waals surface area contributed by atoms with Crippen molar-refractivity contribution in [2.45, 2.75) is 30.5 Å². The van der Waals surface area contributed by atoms with Crippen LogP contribution in [0.2, 0.25) is 0 Å². The third kappa shape index (κ3) is 8.47. The number of hydrogen-bond donors (Lipinski definition) is 0. The van der Waals surface area contributed by atoms with E-state index in [0.29, 0.717) is 0 Å². The SMILES string of the molecule is CCOC(=O)C(C/C=C/CC(Cl)(Cl)Cl)C(C)=O. The minimum Gasteiger partial charge on any atom is -0.465 e. The van der Waals surface area contributed by atoms with Gasteiger partial charge in [0.1, 0.15) is 11.7 Å². The Morgan fingerprint density at radius 3 is 2.29 bits per heavy atom. The van der Waals surface area contributed by atoms with Gasteiger partial charge >= 0.3 is 5.97 Å². The fourth-order valence-corrected chi connectivity index (χ4v) is 1.39. The van der Waals surface area contributed by atoms with Crippen LogP contribution in [0.25, 0.3) is 0 Å². The smallest absolute Gasteiger partial charge is 0.316 e. The first-order valence-corrected chi connectivity index (χ1v) is 6.30. The zero-order chi connectivity index (χ0) is 13.5. The molecule has 1 atom stereocenters. The van der Waals surface area contributed by atoms with Crippen LogP contribution in [0.5, 0.6) is 0 Å². The van der Waals surface area contributed by atoms with Crippen LogP contribution in [0, 0.1) is 5.92 Å². The molecule has 0 fully saturated rings. The van der Waals surface area contributed by atoms with Gasteiger partial charge in [0.2, 0.25) is 0 Å². The normalized spacial score (nSPS) is 13.7. The number of hydrogen-bond acceptors (Lipinski definition) is 3. The number of ether oxygens (including phenoxy) is 1. The number of alkyl halides is 3. The van der Waals surface area contributed by atoms with Crippen LogP contribution in [0.15, 0.2) is 12.2 Å². The fourth-order valence-electron chi connectivity index (χ4n) is 1.12. The summed E-state index contributed by atoms with van der Waals surface area (Å²) < 4.78 is 3.44. The van der Waals surface area contributed by atoms with Crippen molar-refractivity contribution in [2.75, 3.05) is 6.61 Å². The highest BCUT2D eigenvalue weighted by molar-refractivity contribution is 6.67. The summed E-state index contributed by atoms with van der Waals surface area (Å²) in [6, 6.07) is 0. The fraction of sp³-hybridized carbons (Fsp3) is 0.636. The Kier molecular flexibility index (Phi) is 7.84. The van der Waals surface area contributed by atoms with Crippen LogP contribution in [-0.4, -0.2) is 22.2 Å². The molecule has 0 amide bonds. The van der Waals surface area contributed by atoms with Gasteiger partial charge in [0.15, 0.2) is 3.79 Å². The van der Waals surface area contributed by atoms with Crippen LogP contribution < -0.4 is 0 Å². The molecule has 0 bridgehead atoms. The summed E-state index contributed by atoms with van der Waals surface area (Å²) in [6.07, 6.45) is 3.76. The van der Waals surface area contributed by atoms with Gasteiger partial charge < -0.3 is 4.74 Å². The van der Waals surface area contributed by atoms with Crippen LogP contribution >= 0.6 is 34.8 Å². The lowest BCUT2D eigenvalue weighted by Gasteiger charge is -2.10. The predicted molar refractivity (Wildman–Crippen MR) is 69.5 cm³/mol. The van der Waals surface area contributed by atoms with E-state index in [9.17, 15) is 9.59 Å². The van der Waals surface area contributed by atoms with Gasteiger partial charge in [-0.1, -0.05) is 47.0 Å². The highest BCUT2D eigenvalue weighted by atomic mass is 35.6. The number of Topliss-reactive ketones (excluding diaryl/α,β-unsaturated/α-hetero) is 1. The molecule has 17 heavy (non-hydrogen) atoms. The van der Waals surface area contributed by atoms with E-state index < -0.39 is 15.7 Å². The Bertz CT molecular complexity index is 295. The van der Waals surface area contributed by atoms with E-state index in [-0.39, 0.29) is 25.2 Å². The van der Waals surface area contributed by atoms with E-state index in [1.807, 2.05) is 0 Å². The molecule has 0 aromatic heterocycles. The maximum Gasteiger partial charge on any atom is 0.316 e. The second kappa shape index (κ2) is 7.96. The van der Waals surface area contributed by atoms with Gasteiger partial charge in [0.05, 0.1) is 6.61 Å². The number of halogens is 3. The molecule has 0 saturated heterocycles. The van der Waals surface area contributed by atoms with E-state index in [1.165, 1.54) is 6.92 Å². The van der Waals surface area contributed by atoms with Crippen molar-refractivity contribution in [2.24, 2.45) is 5.92 Å². The Hall–Kier alpha value is -0.250. The van der Waals surface area contributed by atoms with Crippen molar-refractivity contribution in [3.05, 3.63) is 12.2 Å². The zero-order valence-corrected chi connectivity index (χ0v) is 12.0. The summed E-state index contributed by atoms with van der Waals surface area (Å²) in [4.78, 5) is 22.7. The van der Waals surface area contributed by atoms with E-state index in [2.05, 4.69) is 0 Å². The molecule has 6 heteroatoms. The maximum absolute atomic E-state index is 11.4. The number of esters is 1. The molecule has 0 saturated carbocycles. The van der Waals surface area contributed by atoms with Crippen molar-refractivity contribution in [3.8, 4) is 0 Å². The van der Waals surface area contributed by atoms with Gasteiger partial charge in [-0.15, -0.1) is 0 Å². The molecule has 0 aliphatic carbocycles. The quantitative estimate of drug-likeness (QED) is 0.326. The maximum atomic E-state index is 11.4. The first-order valence-electron chi connectivity index (χ1n) is 5.16. The molecule has 0 N–H and O–H groups in total. The second-order valence-corrected chi connectivity index (χ2v) is 5.96. The van der Waals surface area contributed by atoms with Gasteiger partial charge in [-0.25, -0.2) is 0 Å². The second-order valence-electron chi connectivity index (χ2n) is 3.44. The van der Waals surface area contributed by atoms with Crippen molar-refractivity contribution in [1.29, 1.82) is 0 Å². The number of ketones is 1. The van der Waals surface area contributed by atoms with E-state index >= 15 is 0 Å². The van der Waals surface area contributed by atoms with E-state index in [1.54, 1.807) is 19.1 Å². The number of carbonyl (C=O) groups excluding carboxylic acids is 2. The van der Waals surface area contributed by atoms with Crippen LogP contribution in [0.3, 0.4) is 0 Å².